The summed E-state index contributed by atoms with van der Waals surface area (Å²) in [5, 5.41) is 6.91. The Kier molecular flexibility index (Phi) is 7.67. The molecule has 2 fully saturated rings. The summed E-state index contributed by atoms with van der Waals surface area (Å²) in [5.74, 6) is 1.66. The first-order valence-corrected chi connectivity index (χ1v) is 8.74. The van der Waals surface area contributed by atoms with Crippen LogP contribution < -0.4 is 10.6 Å². The highest BCUT2D eigenvalue weighted by atomic mass is 127. The number of nitrogens with one attached hydrogen (secondary N) is 2. The van der Waals surface area contributed by atoms with Gasteiger partial charge in [-0.2, -0.15) is 0 Å². The van der Waals surface area contributed by atoms with Gasteiger partial charge in [-0.05, 0) is 32.3 Å². The van der Waals surface area contributed by atoms with Crippen molar-refractivity contribution in [3.63, 3.8) is 0 Å². The summed E-state index contributed by atoms with van der Waals surface area (Å²) in [7, 11) is 1.82. The normalized spacial score (nSPS) is 22.4. The van der Waals surface area contributed by atoms with Crippen LogP contribution in [0.5, 0.6) is 0 Å². The molecule has 0 aromatic carbocycles. The van der Waals surface area contributed by atoms with Crippen LogP contribution in [-0.4, -0.2) is 53.0 Å². The average molecular weight is 444 g/mol. The van der Waals surface area contributed by atoms with Gasteiger partial charge in [0.2, 0.25) is 0 Å². The maximum atomic E-state index is 4.41. The van der Waals surface area contributed by atoms with Gasteiger partial charge in [-0.25, -0.2) is 9.97 Å². The Morgan fingerprint density at radius 3 is 2.83 bits per heavy atom. The lowest BCUT2D eigenvalue weighted by Gasteiger charge is -2.24. The van der Waals surface area contributed by atoms with Crippen LogP contribution in [0, 0.1) is 6.92 Å². The largest absolute Gasteiger partial charge is 0.352 e. The Hall–Kier alpha value is -0.960. The molecule has 1 aliphatic heterocycles. The summed E-state index contributed by atoms with van der Waals surface area (Å²) in [6.07, 6.45) is 8.57. The van der Waals surface area contributed by atoms with Gasteiger partial charge in [0.1, 0.15) is 5.82 Å². The van der Waals surface area contributed by atoms with Crippen LogP contribution in [0.25, 0.3) is 0 Å². The van der Waals surface area contributed by atoms with Gasteiger partial charge in [0, 0.05) is 38.4 Å². The Balaban J connectivity index is 0.00000208. The Morgan fingerprint density at radius 1 is 1.33 bits per heavy atom. The number of nitrogens with zero attached hydrogens (tertiary/aromatic N) is 4. The first kappa shape index (κ1) is 19.4. The lowest BCUT2D eigenvalue weighted by atomic mass is 10.2. The van der Waals surface area contributed by atoms with E-state index in [1.807, 2.05) is 20.0 Å². The lowest BCUT2D eigenvalue weighted by Crippen LogP contribution is -2.45. The van der Waals surface area contributed by atoms with Crippen molar-refractivity contribution < 1.29 is 0 Å². The molecule has 24 heavy (non-hydrogen) atoms. The molecule has 1 aliphatic carbocycles. The van der Waals surface area contributed by atoms with E-state index in [0.29, 0.717) is 12.6 Å². The van der Waals surface area contributed by atoms with E-state index >= 15 is 0 Å². The molecule has 3 rings (SSSR count). The van der Waals surface area contributed by atoms with Gasteiger partial charge >= 0.3 is 0 Å². The second kappa shape index (κ2) is 9.50. The van der Waals surface area contributed by atoms with E-state index in [1.54, 1.807) is 6.20 Å². The van der Waals surface area contributed by atoms with Crippen LogP contribution in [0.15, 0.2) is 17.3 Å². The number of aryl methyl sites for hydroxylation is 1. The summed E-state index contributed by atoms with van der Waals surface area (Å²) in [6, 6.07) is 3.25. The third kappa shape index (κ3) is 5.27. The highest BCUT2D eigenvalue weighted by Crippen LogP contribution is 2.26. The number of hydrogen-bond donors (Lipinski definition) is 2. The van der Waals surface area contributed by atoms with Crippen molar-refractivity contribution in [1.82, 2.24) is 25.5 Å². The van der Waals surface area contributed by atoms with Crippen LogP contribution in [0.3, 0.4) is 0 Å². The predicted octanol–water partition coefficient (Wildman–Crippen LogP) is 2.08. The van der Waals surface area contributed by atoms with E-state index in [9.17, 15) is 0 Å². The number of aliphatic imine (C=N–C) groups is 1. The zero-order valence-electron chi connectivity index (χ0n) is 14.7. The molecule has 1 aromatic heterocycles. The molecule has 0 amide bonds. The number of aromatic nitrogens is 2. The number of halogens is 1. The molecule has 2 N–H and O–H groups in total. The Labute approximate surface area is 162 Å². The van der Waals surface area contributed by atoms with E-state index in [1.165, 1.54) is 38.6 Å². The Morgan fingerprint density at radius 2 is 2.12 bits per heavy atom. The monoisotopic (exact) mass is 444 g/mol. The fourth-order valence-corrected chi connectivity index (χ4v) is 3.67. The maximum Gasteiger partial charge on any atom is 0.191 e. The molecule has 1 saturated carbocycles. The molecule has 6 nitrogen and oxygen atoms in total. The average Bonchev–Trinajstić information content (AvgIpc) is 3.22. The predicted molar refractivity (Wildman–Crippen MR) is 108 cm³/mol. The minimum Gasteiger partial charge on any atom is -0.352 e. The third-order valence-electron chi connectivity index (χ3n) is 4.90. The van der Waals surface area contributed by atoms with Crippen molar-refractivity contribution in [2.45, 2.75) is 57.7 Å². The second-order valence-corrected chi connectivity index (χ2v) is 6.58. The van der Waals surface area contributed by atoms with Crippen molar-refractivity contribution in [3.05, 3.63) is 23.8 Å². The summed E-state index contributed by atoms with van der Waals surface area (Å²) < 4.78 is 0. The summed E-state index contributed by atoms with van der Waals surface area (Å²) in [6.45, 7) is 4.93. The van der Waals surface area contributed by atoms with E-state index < -0.39 is 0 Å². The van der Waals surface area contributed by atoms with Crippen LogP contribution in [0.1, 0.15) is 43.6 Å². The van der Waals surface area contributed by atoms with Gasteiger partial charge in [0.25, 0.3) is 0 Å². The van der Waals surface area contributed by atoms with Crippen LogP contribution in [0.4, 0.5) is 0 Å². The molecule has 0 radical (unpaired) electrons. The number of hydrogen-bond acceptors (Lipinski definition) is 4. The molecule has 0 bridgehead atoms. The molecular formula is C17H29IN6. The summed E-state index contributed by atoms with van der Waals surface area (Å²) in [4.78, 5) is 15.5. The highest BCUT2D eigenvalue weighted by Gasteiger charge is 2.30. The zero-order valence-corrected chi connectivity index (χ0v) is 17.0. The molecular weight excluding hydrogens is 415 g/mol. The van der Waals surface area contributed by atoms with E-state index in [-0.39, 0.29) is 24.0 Å². The van der Waals surface area contributed by atoms with Gasteiger partial charge in [0.15, 0.2) is 5.96 Å². The van der Waals surface area contributed by atoms with Crippen molar-refractivity contribution in [2.24, 2.45) is 4.99 Å². The van der Waals surface area contributed by atoms with Crippen LogP contribution in [-0.2, 0) is 6.54 Å². The van der Waals surface area contributed by atoms with E-state index in [4.69, 9.17) is 0 Å². The quantitative estimate of drug-likeness (QED) is 0.423. The van der Waals surface area contributed by atoms with Gasteiger partial charge in [-0.3, -0.25) is 9.89 Å². The standard InChI is InChI=1S/C17H28N6.HI/c1-13-19-9-7-14(21-13)11-20-17(18-2)22-15-8-10-23(12-15)16-5-3-4-6-16;/h7,9,15-16H,3-6,8,10-12H2,1-2H3,(H2,18,20,22);1H. The topological polar surface area (TPSA) is 65.4 Å². The van der Waals surface area contributed by atoms with Crippen LogP contribution in [0.2, 0.25) is 0 Å². The molecule has 1 aromatic rings. The molecule has 1 atom stereocenters. The first-order valence-electron chi connectivity index (χ1n) is 8.74. The fraction of sp³-hybridized carbons (Fsp3) is 0.706. The highest BCUT2D eigenvalue weighted by molar-refractivity contribution is 14.0. The summed E-state index contributed by atoms with van der Waals surface area (Å²) in [5.41, 5.74) is 0.986. The molecule has 134 valence electrons. The minimum absolute atomic E-state index is 0. The summed E-state index contributed by atoms with van der Waals surface area (Å²) >= 11 is 0. The molecule has 1 unspecified atom stereocenters. The zero-order chi connectivity index (χ0) is 16.1. The van der Waals surface area contributed by atoms with Crippen molar-refractivity contribution in [3.8, 4) is 0 Å². The fourth-order valence-electron chi connectivity index (χ4n) is 3.67. The third-order valence-corrected chi connectivity index (χ3v) is 4.90. The molecule has 2 heterocycles. The second-order valence-electron chi connectivity index (χ2n) is 6.58. The smallest absolute Gasteiger partial charge is 0.191 e. The van der Waals surface area contributed by atoms with Crippen molar-refractivity contribution >= 4 is 29.9 Å². The van der Waals surface area contributed by atoms with Crippen molar-refractivity contribution in [2.75, 3.05) is 20.1 Å². The number of likely N-dealkylation sites (tertiary alicyclic amines) is 1. The van der Waals surface area contributed by atoms with E-state index in [2.05, 4.69) is 30.5 Å². The van der Waals surface area contributed by atoms with Crippen LogP contribution >= 0.6 is 24.0 Å². The Bertz CT molecular complexity index is 544. The molecule has 7 heteroatoms. The van der Waals surface area contributed by atoms with Gasteiger partial charge in [0.05, 0.1) is 12.2 Å². The maximum absolute atomic E-state index is 4.41. The number of rotatable bonds is 4. The van der Waals surface area contributed by atoms with Gasteiger partial charge in [-0.15, -0.1) is 24.0 Å². The lowest BCUT2D eigenvalue weighted by molar-refractivity contribution is 0.242. The SMILES string of the molecule is CN=C(NCc1ccnc(C)n1)NC1CCN(C2CCCC2)C1.I. The molecule has 0 spiro atoms. The number of guanidine groups is 1. The van der Waals surface area contributed by atoms with E-state index in [0.717, 1.165) is 30.1 Å². The van der Waals surface area contributed by atoms with Gasteiger partial charge < -0.3 is 10.6 Å². The molecule has 2 aliphatic rings. The molecule has 1 saturated heterocycles. The van der Waals surface area contributed by atoms with Crippen molar-refractivity contribution in [1.29, 1.82) is 0 Å². The van der Waals surface area contributed by atoms with Gasteiger partial charge in [-0.1, -0.05) is 12.8 Å². The first-order chi connectivity index (χ1) is 11.2. The minimum atomic E-state index is 0.